The summed E-state index contributed by atoms with van der Waals surface area (Å²) in [6, 6.07) is 11.1. The van der Waals surface area contributed by atoms with Gasteiger partial charge in [0.05, 0.1) is 6.04 Å². The Hall–Kier alpha value is -1.61. The van der Waals surface area contributed by atoms with Crippen LogP contribution in [0.4, 0.5) is 5.69 Å². The maximum Gasteiger partial charge on any atom is 0.0555 e. The van der Waals surface area contributed by atoms with Gasteiger partial charge in [0.25, 0.3) is 0 Å². The molecular formula is C17H15BrN2. The molecule has 3 heteroatoms. The van der Waals surface area contributed by atoms with Crippen molar-refractivity contribution < 1.29 is 0 Å². The van der Waals surface area contributed by atoms with Gasteiger partial charge in [0.15, 0.2) is 0 Å². The van der Waals surface area contributed by atoms with Gasteiger partial charge < -0.3 is 5.32 Å². The number of hydrogen-bond donors (Lipinski definition) is 1. The van der Waals surface area contributed by atoms with Crippen LogP contribution in [0.15, 0.2) is 59.4 Å². The summed E-state index contributed by atoms with van der Waals surface area (Å²) >= 11 is 3.59. The van der Waals surface area contributed by atoms with E-state index in [1.165, 1.54) is 16.8 Å². The second kappa shape index (κ2) is 4.74. The lowest BCUT2D eigenvalue weighted by Gasteiger charge is -2.37. The number of allylic oxidation sites excluding steroid dienone is 2. The second-order valence-corrected chi connectivity index (χ2v) is 6.40. The van der Waals surface area contributed by atoms with Crippen molar-refractivity contribution in [1.82, 2.24) is 4.98 Å². The lowest BCUT2D eigenvalue weighted by molar-refractivity contribution is 0.425. The predicted molar refractivity (Wildman–Crippen MR) is 84.7 cm³/mol. The topological polar surface area (TPSA) is 24.9 Å². The SMILES string of the molecule is Brc1ccc2c(c1)[C@@H]1C=CC[C@H]1[C@H](c1ccncc1)N2. The molecule has 3 atom stereocenters. The number of benzene rings is 1. The van der Waals surface area contributed by atoms with E-state index >= 15 is 0 Å². The number of fused-ring (bicyclic) bond motifs is 3. The molecule has 0 amide bonds. The third-order valence-electron chi connectivity index (χ3n) is 4.39. The molecule has 2 aromatic rings. The molecule has 0 bridgehead atoms. The van der Waals surface area contributed by atoms with Gasteiger partial charge in [-0.25, -0.2) is 0 Å². The fourth-order valence-electron chi connectivity index (χ4n) is 3.47. The first-order chi connectivity index (χ1) is 9.83. The van der Waals surface area contributed by atoms with Crippen molar-refractivity contribution in [3.8, 4) is 0 Å². The first-order valence-electron chi connectivity index (χ1n) is 6.95. The Morgan fingerprint density at radius 3 is 2.85 bits per heavy atom. The first-order valence-corrected chi connectivity index (χ1v) is 7.75. The third kappa shape index (κ3) is 1.88. The van der Waals surface area contributed by atoms with Gasteiger partial charge in [-0.05, 0) is 53.8 Å². The van der Waals surface area contributed by atoms with E-state index in [4.69, 9.17) is 0 Å². The van der Waals surface area contributed by atoms with Crippen molar-refractivity contribution >= 4 is 21.6 Å². The van der Waals surface area contributed by atoms with E-state index in [0.717, 1.165) is 10.9 Å². The molecule has 0 fully saturated rings. The van der Waals surface area contributed by atoms with Crippen LogP contribution in [0.3, 0.4) is 0 Å². The maximum absolute atomic E-state index is 4.13. The minimum Gasteiger partial charge on any atom is -0.378 e. The highest BCUT2D eigenvalue weighted by Crippen LogP contribution is 2.50. The number of pyridine rings is 1. The largest absolute Gasteiger partial charge is 0.378 e. The lowest BCUT2D eigenvalue weighted by Crippen LogP contribution is -2.29. The summed E-state index contributed by atoms with van der Waals surface area (Å²) in [6.45, 7) is 0. The van der Waals surface area contributed by atoms with Crippen LogP contribution in [-0.2, 0) is 0 Å². The van der Waals surface area contributed by atoms with E-state index in [9.17, 15) is 0 Å². The number of halogens is 1. The summed E-state index contributed by atoms with van der Waals surface area (Å²) in [5.41, 5.74) is 3.98. The summed E-state index contributed by atoms with van der Waals surface area (Å²) in [4.78, 5) is 4.13. The minimum atomic E-state index is 0.367. The Morgan fingerprint density at radius 1 is 1.15 bits per heavy atom. The molecule has 2 nitrogen and oxygen atoms in total. The zero-order chi connectivity index (χ0) is 13.5. The van der Waals surface area contributed by atoms with Crippen LogP contribution < -0.4 is 5.32 Å². The van der Waals surface area contributed by atoms with Crippen LogP contribution >= 0.6 is 15.9 Å². The molecule has 1 N–H and O–H groups in total. The van der Waals surface area contributed by atoms with Gasteiger partial charge in [-0.15, -0.1) is 0 Å². The molecule has 0 saturated carbocycles. The Balaban J connectivity index is 1.80. The molecule has 1 aliphatic carbocycles. The van der Waals surface area contributed by atoms with Crippen molar-refractivity contribution in [2.24, 2.45) is 5.92 Å². The highest BCUT2D eigenvalue weighted by molar-refractivity contribution is 9.10. The Labute approximate surface area is 127 Å². The molecule has 0 unspecified atom stereocenters. The molecular weight excluding hydrogens is 312 g/mol. The van der Waals surface area contributed by atoms with Gasteiger partial charge in [-0.3, -0.25) is 4.98 Å². The normalized spacial score (nSPS) is 26.8. The summed E-state index contributed by atoms with van der Waals surface area (Å²) in [5, 5.41) is 3.72. The molecule has 0 spiro atoms. The van der Waals surface area contributed by atoms with Crippen molar-refractivity contribution in [3.63, 3.8) is 0 Å². The number of hydrogen-bond acceptors (Lipinski definition) is 2. The van der Waals surface area contributed by atoms with E-state index in [2.05, 4.69) is 68.7 Å². The Morgan fingerprint density at radius 2 is 2.00 bits per heavy atom. The fourth-order valence-corrected chi connectivity index (χ4v) is 3.84. The average molecular weight is 327 g/mol. The van der Waals surface area contributed by atoms with Gasteiger partial charge in [0.1, 0.15) is 0 Å². The highest BCUT2D eigenvalue weighted by atomic mass is 79.9. The molecule has 20 heavy (non-hydrogen) atoms. The van der Waals surface area contributed by atoms with Crippen LogP contribution in [0.2, 0.25) is 0 Å². The number of rotatable bonds is 1. The van der Waals surface area contributed by atoms with E-state index < -0.39 is 0 Å². The maximum atomic E-state index is 4.13. The fraction of sp³-hybridized carbons (Fsp3) is 0.235. The monoisotopic (exact) mass is 326 g/mol. The Kier molecular flexibility index (Phi) is 2.88. The quantitative estimate of drug-likeness (QED) is 0.770. The lowest BCUT2D eigenvalue weighted by atomic mass is 9.77. The minimum absolute atomic E-state index is 0.367. The molecule has 100 valence electrons. The number of nitrogens with one attached hydrogen (secondary N) is 1. The van der Waals surface area contributed by atoms with Gasteiger partial charge >= 0.3 is 0 Å². The van der Waals surface area contributed by atoms with Crippen molar-refractivity contribution in [2.75, 3.05) is 5.32 Å². The van der Waals surface area contributed by atoms with Crippen molar-refractivity contribution in [3.05, 3.63) is 70.5 Å². The third-order valence-corrected chi connectivity index (χ3v) is 4.88. The Bertz CT molecular complexity index is 666. The molecule has 2 aliphatic rings. The molecule has 1 aromatic carbocycles. The summed E-state index contributed by atoms with van der Waals surface area (Å²) in [6.07, 6.45) is 9.58. The van der Waals surface area contributed by atoms with Gasteiger partial charge in [-0.2, -0.15) is 0 Å². The van der Waals surface area contributed by atoms with Gasteiger partial charge in [-0.1, -0.05) is 28.1 Å². The smallest absolute Gasteiger partial charge is 0.0555 e. The van der Waals surface area contributed by atoms with Crippen molar-refractivity contribution in [1.29, 1.82) is 0 Å². The molecule has 0 radical (unpaired) electrons. The van der Waals surface area contributed by atoms with Gasteiger partial charge in [0.2, 0.25) is 0 Å². The first kappa shape index (κ1) is 12.2. The number of nitrogens with zero attached hydrogens (tertiary/aromatic N) is 1. The van der Waals surface area contributed by atoms with E-state index in [0.29, 0.717) is 17.9 Å². The zero-order valence-electron chi connectivity index (χ0n) is 11.0. The predicted octanol–water partition coefficient (Wildman–Crippen LogP) is 4.67. The standard InChI is InChI=1S/C17H15BrN2/c18-12-4-5-16-15(10-12)13-2-1-3-14(13)17(20-16)11-6-8-19-9-7-11/h1-2,4-10,13-14,17,20H,3H2/t13-,14-,17+/m1/s1. The zero-order valence-corrected chi connectivity index (χ0v) is 12.5. The second-order valence-electron chi connectivity index (χ2n) is 5.49. The van der Waals surface area contributed by atoms with Crippen LogP contribution in [0.1, 0.15) is 29.5 Å². The van der Waals surface area contributed by atoms with Gasteiger partial charge in [0, 0.05) is 28.5 Å². The summed E-state index contributed by atoms with van der Waals surface area (Å²) in [7, 11) is 0. The summed E-state index contributed by atoms with van der Waals surface area (Å²) in [5.74, 6) is 1.11. The average Bonchev–Trinajstić information content (AvgIpc) is 2.97. The van der Waals surface area contributed by atoms with Crippen LogP contribution in [-0.4, -0.2) is 4.98 Å². The number of aromatic nitrogens is 1. The van der Waals surface area contributed by atoms with Crippen LogP contribution in [0.5, 0.6) is 0 Å². The van der Waals surface area contributed by atoms with E-state index in [1.54, 1.807) is 0 Å². The molecule has 1 aliphatic heterocycles. The van der Waals surface area contributed by atoms with Crippen LogP contribution in [0.25, 0.3) is 0 Å². The van der Waals surface area contributed by atoms with Crippen molar-refractivity contribution in [2.45, 2.75) is 18.4 Å². The molecule has 4 rings (SSSR count). The highest BCUT2D eigenvalue weighted by Gasteiger charge is 2.37. The number of anilines is 1. The van der Waals surface area contributed by atoms with E-state index in [1.807, 2.05) is 12.4 Å². The molecule has 2 heterocycles. The molecule has 0 saturated heterocycles. The summed E-state index contributed by atoms with van der Waals surface area (Å²) < 4.78 is 1.15. The van der Waals surface area contributed by atoms with Crippen LogP contribution in [0, 0.1) is 5.92 Å². The van der Waals surface area contributed by atoms with E-state index in [-0.39, 0.29) is 0 Å². The molecule has 1 aromatic heterocycles.